The summed E-state index contributed by atoms with van der Waals surface area (Å²) in [6, 6.07) is 5.87. The zero-order valence-corrected chi connectivity index (χ0v) is 10.9. The topological polar surface area (TPSA) is 24.9 Å². The Hall–Kier alpha value is -1.62. The number of aromatic nitrogens is 1. The van der Waals surface area contributed by atoms with Gasteiger partial charge in [0.05, 0.1) is 11.1 Å². The van der Waals surface area contributed by atoms with E-state index in [2.05, 4.69) is 10.3 Å². The predicted molar refractivity (Wildman–Crippen MR) is 71.6 cm³/mol. The predicted octanol–water partition coefficient (Wildman–Crippen LogP) is 3.72. The minimum atomic E-state index is -4.34. The van der Waals surface area contributed by atoms with E-state index >= 15 is 0 Å². The van der Waals surface area contributed by atoms with Crippen molar-refractivity contribution in [3.63, 3.8) is 0 Å². The van der Waals surface area contributed by atoms with E-state index in [-0.39, 0.29) is 11.3 Å². The highest BCUT2D eigenvalue weighted by Crippen LogP contribution is 2.38. The normalized spacial score (nSPS) is 17.6. The Labute approximate surface area is 115 Å². The molecule has 1 aliphatic rings. The minimum absolute atomic E-state index is 0.205. The Bertz CT molecular complexity index is 616. The van der Waals surface area contributed by atoms with Crippen molar-refractivity contribution in [2.24, 2.45) is 0 Å². The van der Waals surface area contributed by atoms with Gasteiger partial charge in [0.15, 0.2) is 0 Å². The van der Waals surface area contributed by atoms with Crippen LogP contribution in [0.4, 0.5) is 13.2 Å². The van der Waals surface area contributed by atoms with Crippen LogP contribution in [0.25, 0.3) is 10.9 Å². The molecular formula is C15H15F3N2. The third kappa shape index (κ3) is 2.38. The van der Waals surface area contributed by atoms with Crippen molar-refractivity contribution in [1.29, 1.82) is 0 Å². The maximum atomic E-state index is 13.1. The molecule has 0 saturated carbocycles. The lowest BCUT2D eigenvalue weighted by Crippen LogP contribution is -2.26. The van der Waals surface area contributed by atoms with Crippen LogP contribution in [0.1, 0.15) is 29.9 Å². The summed E-state index contributed by atoms with van der Waals surface area (Å²) in [5, 5.41) is 3.47. The largest absolute Gasteiger partial charge is 0.417 e. The zero-order valence-electron chi connectivity index (χ0n) is 10.9. The van der Waals surface area contributed by atoms with Gasteiger partial charge in [-0.1, -0.05) is 12.1 Å². The van der Waals surface area contributed by atoms with Gasteiger partial charge in [0.1, 0.15) is 0 Å². The van der Waals surface area contributed by atoms with Crippen molar-refractivity contribution in [2.45, 2.75) is 24.9 Å². The van der Waals surface area contributed by atoms with E-state index in [1.807, 2.05) is 0 Å². The number of hydrogen-bond acceptors (Lipinski definition) is 2. The quantitative estimate of drug-likeness (QED) is 0.861. The van der Waals surface area contributed by atoms with Crippen molar-refractivity contribution in [2.75, 3.05) is 13.1 Å². The molecule has 20 heavy (non-hydrogen) atoms. The zero-order chi connectivity index (χ0) is 14.2. The number of alkyl halides is 3. The third-order valence-electron chi connectivity index (χ3n) is 3.89. The maximum Gasteiger partial charge on any atom is 0.417 e. The van der Waals surface area contributed by atoms with Gasteiger partial charge in [-0.25, -0.2) is 0 Å². The van der Waals surface area contributed by atoms with E-state index in [1.54, 1.807) is 18.3 Å². The van der Waals surface area contributed by atoms with E-state index in [9.17, 15) is 13.2 Å². The van der Waals surface area contributed by atoms with E-state index in [0.717, 1.165) is 31.5 Å². The molecule has 0 spiro atoms. The SMILES string of the molecule is FC(F)(F)c1ccc(C2CCNCC2)c2ncccc12. The summed E-state index contributed by atoms with van der Waals surface area (Å²) in [7, 11) is 0. The Balaban J connectivity index is 2.16. The summed E-state index contributed by atoms with van der Waals surface area (Å²) in [5.41, 5.74) is 0.836. The number of fused-ring (bicyclic) bond motifs is 1. The van der Waals surface area contributed by atoms with Crippen LogP contribution >= 0.6 is 0 Å². The Morgan fingerprint density at radius 3 is 2.55 bits per heavy atom. The van der Waals surface area contributed by atoms with Crippen LogP contribution in [-0.4, -0.2) is 18.1 Å². The lowest BCUT2D eigenvalue weighted by atomic mass is 9.87. The number of benzene rings is 1. The van der Waals surface area contributed by atoms with Crippen molar-refractivity contribution in [3.05, 3.63) is 41.6 Å². The highest BCUT2D eigenvalue weighted by molar-refractivity contribution is 5.86. The summed E-state index contributed by atoms with van der Waals surface area (Å²) < 4.78 is 39.2. The van der Waals surface area contributed by atoms with Crippen molar-refractivity contribution in [3.8, 4) is 0 Å². The van der Waals surface area contributed by atoms with Gasteiger partial charge in [-0.15, -0.1) is 0 Å². The summed E-state index contributed by atoms with van der Waals surface area (Å²) in [4.78, 5) is 4.21. The molecular weight excluding hydrogens is 265 g/mol. The molecule has 0 amide bonds. The van der Waals surface area contributed by atoms with Crippen molar-refractivity contribution >= 4 is 10.9 Å². The minimum Gasteiger partial charge on any atom is -0.317 e. The average molecular weight is 280 g/mol. The third-order valence-corrected chi connectivity index (χ3v) is 3.89. The van der Waals surface area contributed by atoms with E-state index in [4.69, 9.17) is 0 Å². The number of rotatable bonds is 1. The van der Waals surface area contributed by atoms with E-state index in [1.165, 1.54) is 12.1 Å². The molecule has 1 fully saturated rings. The van der Waals surface area contributed by atoms with Crippen LogP contribution in [0.3, 0.4) is 0 Å². The summed E-state index contributed by atoms with van der Waals surface area (Å²) in [6.45, 7) is 1.81. The molecule has 0 radical (unpaired) electrons. The number of halogens is 3. The van der Waals surface area contributed by atoms with Crippen LogP contribution in [0.2, 0.25) is 0 Å². The molecule has 0 unspecified atom stereocenters. The van der Waals surface area contributed by atoms with Gasteiger partial charge in [0, 0.05) is 11.6 Å². The highest BCUT2D eigenvalue weighted by atomic mass is 19.4. The second-order valence-corrected chi connectivity index (χ2v) is 5.12. The van der Waals surface area contributed by atoms with E-state index in [0.29, 0.717) is 5.52 Å². The molecule has 2 nitrogen and oxygen atoms in total. The molecule has 0 atom stereocenters. The fourth-order valence-electron chi connectivity index (χ4n) is 2.90. The molecule has 2 aromatic rings. The first kappa shape index (κ1) is 13.4. The number of hydrogen-bond donors (Lipinski definition) is 1. The van der Waals surface area contributed by atoms with Gasteiger partial charge >= 0.3 is 6.18 Å². The van der Waals surface area contributed by atoms with Crippen LogP contribution in [0.15, 0.2) is 30.5 Å². The number of nitrogens with one attached hydrogen (secondary N) is 1. The monoisotopic (exact) mass is 280 g/mol. The van der Waals surface area contributed by atoms with Gasteiger partial charge < -0.3 is 5.32 Å². The number of piperidine rings is 1. The second kappa shape index (κ2) is 5.05. The summed E-state index contributed by atoms with van der Waals surface area (Å²) >= 11 is 0. The first-order valence-corrected chi connectivity index (χ1v) is 6.73. The molecule has 3 rings (SSSR count). The van der Waals surface area contributed by atoms with Gasteiger partial charge in [-0.2, -0.15) is 13.2 Å². The van der Waals surface area contributed by atoms with Crippen molar-refractivity contribution in [1.82, 2.24) is 10.3 Å². The van der Waals surface area contributed by atoms with E-state index < -0.39 is 11.7 Å². The maximum absolute atomic E-state index is 13.1. The first-order valence-electron chi connectivity index (χ1n) is 6.73. The molecule has 1 saturated heterocycles. The number of nitrogens with zero attached hydrogens (tertiary/aromatic N) is 1. The molecule has 1 N–H and O–H groups in total. The second-order valence-electron chi connectivity index (χ2n) is 5.12. The van der Waals surface area contributed by atoms with Crippen molar-refractivity contribution < 1.29 is 13.2 Å². The summed E-state index contributed by atoms with van der Waals surface area (Å²) in [6.07, 6.45) is -0.894. The Morgan fingerprint density at radius 2 is 1.85 bits per heavy atom. The Kier molecular flexibility index (Phi) is 3.38. The smallest absolute Gasteiger partial charge is 0.317 e. The fraction of sp³-hybridized carbons (Fsp3) is 0.400. The fourth-order valence-corrected chi connectivity index (χ4v) is 2.90. The summed E-state index contributed by atoms with van der Waals surface area (Å²) in [5.74, 6) is 0.288. The molecule has 0 bridgehead atoms. The van der Waals surface area contributed by atoms with Gasteiger partial charge in [0.2, 0.25) is 0 Å². The van der Waals surface area contributed by atoms with Gasteiger partial charge in [-0.3, -0.25) is 4.98 Å². The van der Waals surface area contributed by atoms with Gasteiger partial charge in [0.25, 0.3) is 0 Å². The Morgan fingerprint density at radius 1 is 1.10 bits per heavy atom. The molecule has 0 aliphatic carbocycles. The van der Waals surface area contributed by atoms with Crippen LogP contribution < -0.4 is 5.32 Å². The average Bonchev–Trinajstić information content (AvgIpc) is 2.46. The molecule has 1 aliphatic heterocycles. The van der Waals surface area contributed by atoms with Crippen LogP contribution in [0, 0.1) is 0 Å². The molecule has 1 aromatic carbocycles. The molecule has 5 heteroatoms. The highest BCUT2D eigenvalue weighted by Gasteiger charge is 2.33. The van der Waals surface area contributed by atoms with Crippen LogP contribution in [-0.2, 0) is 6.18 Å². The lowest BCUT2D eigenvalue weighted by molar-refractivity contribution is -0.136. The molecule has 2 heterocycles. The first-order chi connectivity index (χ1) is 9.57. The molecule has 1 aromatic heterocycles. The number of pyridine rings is 1. The van der Waals surface area contributed by atoms with Gasteiger partial charge in [-0.05, 0) is 49.5 Å². The standard InChI is InChI=1S/C15H15F3N2/c16-15(17,18)13-4-3-11(10-5-8-19-9-6-10)14-12(13)2-1-7-20-14/h1-4,7,10,19H,5-6,8-9H2. The molecule has 106 valence electrons. The van der Waals surface area contributed by atoms with Crippen LogP contribution in [0.5, 0.6) is 0 Å². The lowest BCUT2D eigenvalue weighted by Gasteiger charge is -2.24.